The SMILES string of the molecule is CCOC(=O)C1CC2(CCN(Cc3ccccc3)CC2)N2CCCC12. The largest absolute Gasteiger partial charge is 0.466 e. The van der Waals surface area contributed by atoms with Gasteiger partial charge < -0.3 is 4.74 Å². The van der Waals surface area contributed by atoms with Crippen LogP contribution in [0.1, 0.15) is 44.6 Å². The Hall–Kier alpha value is -1.39. The predicted octanol–water partition coefficient (Wildman–Crippen LogP) is 3.07. The van der Waals surface area contributed by atoms with E-state index in [1.165, 1.54) is 37.8 Å². The maximum Gasteiger partial charge on any atom is 0.310 e. The summed E-state index contributed by atoms with van der Waals surface area (Å²) in [6, 6.07) is 11.2. The third kappa shape index (κ3) is 3.22. The van der Waals surface area contributed by atoms with Gasteiger partial charge in [0.25, 0.3) is 0 Å². The molecule has 1 spiro atoms. The first-order valence-corrected chi connectivity index (χ1v) is 9.91. The molecule has 0 saturated carbocycles. The third-order valence-electron chi connectivity index (χ3n) is 6.60. The van der Waals surface area contributed by atoms with Gasteiger partial charge in [-0.15, -0.1) is 0 Å². The van der Waals surface area contributed by atoms with Crippen molar-refractivity contribution in [1.82, 2.24) is 9.80 Å². The second kappa shape index (κ2) is 7.08. The van der Waals surface area contributed by atoms with E-state index in [9.17, 15) is 4.79 Å². The lowest BCUT2D eigenvalue weighted by Crippen LogP contribution is -2.52. The third-order valence-corrected chi connectivity index (χ3v) is 6.60. The standard InChI is InChI=1S/C21H30N2O2/c1-2-25-20(24)18-15-21(23-12-6-9-19(18)23)10-13-22(14-11-21)16-17-7-4-3-5-8-17/h3-5,7-8,18-19H,2,6,9-16H2,1H3. The van der Waals surface area contributed by atoms with Crippen molar-refractivity contribution in [3.05, 3.63) is 35.9 Å². The van der Waals surface area contributed by atoms with E-state index in [0.29, 0.717) is 12.6 Å². The summed E-state index contributed by atoms with van der Waals surface area (Å²) in [6.45, 7) is 6.89. The van der Waals surface area contributed by atoms with E-state index in [1.54, 1.807) is 0 Å². The second-order valence-corrected chi connectivity index (χ2v) is 7.95. The molecule has 0 aliphatic carbocycles. The fourth-order valence-corrected chi connectivity index (χ4v) is 5.41. The first-order valence-electron chi connectivity index (χ1n) is 9.91. The molecule has 3 aliphatic heterocycles. The van der Waals surface area contributed by atoms with E-state index < -0.39 is 0 Å². The summed E-state index contributed by atoms with van der Waals surface area (Å²) < 4.78 is 5.39. The molecule has 4 rings (SSSR count). The van der Waals surface area contributed by atoms with Crippen molar-refractivity contribution in [2.75, 3.05) is 26.2 Å². The van der Waals surface area contributed by atoms with Crippen LogP contribution in [0.5, 0.6) is 0 Å². The molecule has 1 aromatic rings. The van der Waals surface area contributed by atoms with Crippen LogP contribution in [0.3, 0.4) is 0 Å². The molecular weight excluding hydrogens is 312 g/mol. The summed E-state index contributed by atoms with van der Waals surface area (Å²) in [5.74, 6) is 0.145. The molecule has 136 valence electrons. The van der Waals surface area contributed by atoms with Crippen LogP contribution in [0, 0.1) is 5.92 Å². The van der Waals surface area contributed by atoms with E-state index >= 15 is 0 Å². The zero-order valence-corrected chi connectivity index (χ0v) is 15.3. The van der Waals surface area contributed by atoms with Crippen LogP contribution in [0.25, 0.3) is 0 Å². The van der Waals surface area contributed by atoms with E-state index in [2.05, 4.69) is 40.1 Å². The summed E-state index contributed by atoms with van der Waals surface area (Å²) in [4.78, 5) is 17.7. The highest BCUT2D eigenvalue weighted by Gasteiger charge is 2.56. The summed E-state index contributed by atoms with van der Waals surface area (Å²) >= 11 is 0. The van der Waals surface area contributed by atoms with Gasteiger partial charge in [0.15, 0.2) is 0 Å². The van der Waals surface area contributed by atoms with Gasteiger partial charge in [0, 0.05) is 31.2 Å². The van der Waals surface area contributed by atoms with E-state index in [0.717, 1.165) is 26.1 Å². The summed E-state index contributed by atoms with van der Waals surface area (Å²) in [5, 5.41) is 0. The Kier molecular flexibility index (Phi) is 4.83. The average Bonchev–Trinajstić information content (AvgIpc) is 3.22. The Morgan fingerprint density at radius 1 is 1.20 bits per heavy atom. The highest BCUT2D eigenvalue weighted by Crippen LogP contribution is 2.49. The molecule has 4 heteroatoms. The van der Waals surface area contributed by atoms with Crippen LogP contribution in [0.15, 0.2) is 30.3 Å². The van der Waals surface area contributed by atoms with Crippen molar-refractivity contribution in [3.8, 4) is 0 Å². The smallest absolute Gasteiger partial charge is 0.310 e. The molecule has 0 N–H and O–H groups in total. The van der Waals surface area contributed by atoms with Gasteiger partial charge in [-0.2, -0.15) is 0 Å². The van der Waals surface area contributed by atoms with Crippen LogP contribution < -0.4 is 0 Å². The lowest BCUT2D eigenvalue weighted by molar-refractivity contribution is -0.148. The molecule has 3 heterocycles. The maximum atomic E-state index is 12.5. The Labute approximate surface area is 151 Å². The molecule has 3 fully saturated rings. The Morgan fingerprint density at radius 2 is 1.96 bits per heavy atom. The molecule has 3 saturated heterocycles. The van der Waals surface area contributed by atoms with Crippen LogP contribution >= 0.6 is 0 Å². The monoisotopic (exact) mass is 342 g/mol. The maximum absolute atomic E-state index is 12.5. The van der Waals surface area contributed by atoms with Gasteiger partial charge in [0.05, 0.1) is 12.5 Å². The number of hydrogen-bond donors (Lipinski definition) is 0. The highest BCUT2D eigenvalue weighted by atomic mass is 16.5. The Balaban J connectivity index is 1.42. The molecule has 0 radical (unpaired) electrons. The van der Waals surface area contributed by atoms with Gasteiger partial charge in [0.1, 0.15) is 0 Å². The number of fused-ring (bicyclic) bond motifs is 2. The van der Waals surface area contributed by atoms with E-state index in [-0.39, 0.29) is 17.4 Å². The minimum atomic E-state index is 0.0444. The number of carbonyl (C=O) groups excluding carboxylic acids is 1. The van der Waals surface area contributed by atoms with Crippen molar-refractivity contribution < 1.29 is 9.53 Å². The number of hydrogen-bond acceptors (Lipinski definition) is 4. The zero-order chi connectivity index (χ0) is 17.3. The topological polar surface area (TPSA) is 32.8 Å². The molecule has 2 atom stereocenters. The molecule has 2 unspecified atom stereocenters. The van der Waals surface area contributed by atoms with E-state index in [1.807, 2.05) is 6.92 Å². The van der Waals surface area contributed by atoms with Crippen molar-refractivity contribution in [3.63, 3.8) is 0 Å². The highest BCUT2D eigenvalue weighted by molar-refractivity contribution is 5.74. The minimum Gasteiger partial charge on any atom is -0.466 e. The van der Waals surface area contributed by atoms with Crippen molar-refractivity contribution >= 4 is 5.97 Å². The van der Waals surface area contributed by atoms with Crippen LogP contribution in [0.2, 0.25) is 0 Å². The summed E-state index contributed by atoms with van der Waals surface area (Å²) in [5.41, 5.74) is 1.64. The summed E-state index contributed by atoms with van der Waals surface area (Å²) in [6.07, 6.45) is 5.78. The number of rotatable bonds is 4. The Morgan fingerprint density at radius 3 is 2.68 bits per heavy atom. The number of ether oxygens (including phenoxy) is 1. The molecule has 0 amide bonds. The van der Waals surface area contributed by atoms with Gasteiger partial charge in [-0.05, 0) is 51.1 Å². The van der Waals surface area contributed by atoms with Crippen LogP contribution in [-0.2, 0) is 16.1 Å². The number of benzene rings is 1. The van der Waals surface area contributed by atoms with Crippen LogP contribution in [0.4, 0.5) is 0 Å². The first kappa shape index (κ1) is 17.0. The van der Waals surface area contributed by atoms with Gasteiger partial charge in [-0.3, -0.25) is 14.6 Å². The van der Waals surface area contributed by atoms with Crippen molar-refractivity contribution in [1.29, 1.82) is 0 Å². The molecule has 3 aliphatic rings. The molecule has 0 aromatic heterocycles. The van der Waals surface area contributed by atoms with Gasteiger partial charge in [0.2, 0.25) is 0 Å². The second-order valence-electron chi connectivity index (χ2n) is 7.95. The molecule has 25 heavy (non-hydrogen) atoms. The zero-order valence-electron chi connectivity index (χ0n) is 15.3. The number of esters is 1. The quantitative estimate of drug-likeness (QED) is 0.788. The number of nitrogens with zero attached hydrogens (tertiary/aromatic N) is 2. The van der Waals surface area contributed by atoms with Crippen molar-refractivity contribution in [2.24, 2.45) is 5.92 Å². The number of carbonyl (C=O) groups is 1. The van der Waals surface area contributed by atoms with Gasteiger partial charge in [-0.25, -0.2) is 0 Å². The first-order chi connectivity index (χ1) is 12.2. The Bertz CT molecular complexity index is 595. The molecule has 0 bridgehead atoms. The fraction of sp³-hybridized carbons (Fsp3) is 0.667. The lowest BCUT2D eigenvalue weighted by Gasteiger charge is -2.45. The van der Waals surface area contributed by atoms with Crippen LogP contribution in [-0.4, -0.2) is 53.6 Å². The molecule has 1 aromatic carbocycles. The normalized spacial score (nSPS) is 29.0. The lowest BCUT2D eigenvalue weighted by atomic mass is 9.81. The number of likely N-dealkylation sites (tertiary alicyclic amines) is 1. The van der Waals surface area contributed by atoms with Crippen molar-refractivity contribution in [2.45, 2.75) is 57.2 Å². The molecule has 4 nitrogen and oxygen atoms in total. The summed E-state index contributed by atoms with van der Waals surface area (Å²) in [7, 11) is 0. The number of piperidine rings is 1. The molecular formula is C21H30N2O2. The minimum absolute atomic E-state index is 0.0444. The average molecular weight is 342 g/mol. The van der Waals surface area contributed by atoms with E-state index in [4.69, 9.17) is 4.74 Å². The van der Waals surface area contributed by atoms with Gasteiger partial charge >= 0.3 is 5.97 Å². The fourth-order valence-electron chi connectivity index (χ4n) is 5.41. The predicted molar refractivity (Wildman–Crippen MR) is 98.2 cm³/mol. The van der Waals surface area contributed by atoms with Gasteiger partial charge in [-0.1, -0.05) is 30.3 Å².